The van der Waals surface area contributed by atoms with Crippen molar-refractivity contribution in [3.63, 3.8) is 0 Å². The van der Waals surface area contributed by atoms with Gasteiger partial charge in [-0.05, 0) is 41.8 Å². The van der Waals surface area contributed by atoms with E-state index in [1.165, 1.54) is 24.3 Å². The van der Waals surface area contributed by atoms with Crippen LogP contribution in [0.2, 0.25) is 0 Å². The van der Waals surface area contributed by atoms with Gasteiger partial charge < -0.3 is 4.74 Å². The summed E-state index contributed by atoms with van der Waals surface area (Å²) in [6.45, 7) is 2.11. The molecular formula is C25H23NO5. The minimum atomic E-state index is -0.589. The van der Waals surface area contributed by atoms with E-state index in [2.05, 4.69) is 6.92 Å². The Hall–Kier alpha value is -3.80. The largest absolute Gasteiger partial charge is 0.423 e. The number of carbonyl (C=O) groups is 2. The fourth-order valence-electron chi connectivity index (χ4n) is 3.13. The number of unbranched alkanes of at least 4 members (excludes halogenated alkanes) is 2. The summed E-state index contributed by atoms with van der Waals surface area (Å²) >= 11 is 0. The Labute approximate surface area is 180 Å². The number of hydrogen-bond donors (Lipinski definition) is 0. The van der Waals surface area contributed by atoms with Crippen LogP contribution in [-0.4, -0.2) is 16.7 Å². The van der Waals surface area contributed by atoms with Gasteiger partial charge in [0.1, 0.15) is 5.75 Å². The standard InChI is InChI=1S/C25H23NO5/c1-2-3-4-5-24(27)20-8-6-18(7-9-20)19-12-16-23(17-13-19)31-25(28)21-10-14-22(15-11-21)26(29)30/h6-17H,2-5H2,1H3. The van der Waals surface area contributed by atoms with E-state index in [1.807, 2.05) is 36.4 Å². The van der Waals surface area contributed by atoms with Crippen molar-refractivity contribution in [2.75, 3.05) is 0 Å². The van der Waals surface area contributed by atoms with Gasteiger partial charge in [-0.2, -0.15) is 0 Å². The molecule has 0 aliphatic heterocycles. The van der Waals surface area contributed by atoms with Crippen molar-refractivity contribution in [3.05, 3.63) is 94.0 Å². The molecule has 0 bridgehead atoms. The Kier molecular flexibility index (Phi) is 7.27. The molecule has 3 rings (SSSR count). The first-order valence-corrected chi connectivity index (χ1v) is 10.2. The van der Waals surface area contributed by atoms with Crippen molar-refractivity contribution in [2.24, 2.45) is 0 Å². The number of benzene rings is 3. The Morgan fingerprint density at radius 3 is 1.90 bits per heavy atom. The maximum Gasteiger partial charge on any atom is 0.343 e. The number of esters is 1. The van der Waals surface area contributed by atoms with Gasteiger partial charge in [0, 0.05) is 24.1 Å². The molecule has 0 saturated heterocycles. The minimum absolute atomic E-state index is 0.0884. The van der Waals surface area contributed by atoms with Gasteiger partial charge in [-0.15, -0.1) is 0 Å². The molecule has 31 heavy (non-hydrogen) atoms. The van der Waals surface area contributed by atoms with Gasteiger partial charge in [-0.25, -0.2) is 4.79 Å². The van der Waals surface area contributed by atoms with Gasteiger partial charge in [0.15, 0.2) is 5.78 Å². The smallest absolute Gasteiger partial charge is 0.343 e. The molecule has 0 amide bonds. The average Bonchev–Trinajstić information content (AvgIpc) is 2.80. The van der Waals surface area contributed by atoms with Crippen molar-refractivity contribution >= 4 is 17.4 Å². The van der Waals surface area contributed by atoms with Gasteiger partial charge in [0.25, 0.3) is 5.69 Å². The van der Waals surface area contributed by atoms with Crippen LogP contribution in [0, 0.1) is 10.1 Å². The molecule has 0 fully saturated rings. The highest BCUT2D eigenvalue weighted by atomic mass is 16.6. The number of nitro benzene ring substituents is 1. The second-order valence-corrected chi connectivity index (χ2v) is 7.18. The van der Waals surface area contributed by atoms with Gasteiger partial charge in [0.2, 0.25) is 0 Å². The van der Waals surface area contributed by atoms with Gasteiger partial charge in [0.05, 0.1) is 10.5 Å². The maximum atomic E-state index is 12.2. The number of non-ortho nitro benzene ring substituents is 1. The van der Waals surface area contributed by atoms with Crippen LogP contribution in [0.3, 0.4) is 0 Å². The first kappa shape index (κ1) is 21.9. The molecule has 0 N–H and O–H groups in total. The average molecular weight is 417 g/mol. The molecular weight excluding hydrogens is 394 g/mol. The second kappa shape index (κ2) is 10.3. The lowest BCUT2D eigenvalue weighted by atomic mass is 10.0. The zero-order valence-electron chi connectivity index (χ0n) is 17.2. The maximum absolute atomic E-state index is 12.2. The summed E-state index contributed by atoms with van der Waals surface area (Å²) in [6, 6.07) is 19.8. The number of carbonyl (C=O) groups excluding carboxylic acids is 2. The lowest BCUT2D eigenvalue weighted by molar-refractivity contribution is -0.384. The van der Waals surface area contributed by atoms with E-state index in [0.29, 0.717) is 17.7 Å². The third kappa shape index (κ3) is 5.85. The van der Waals surface area contributed by atoms with Gasteiger partial charge in [-0.1, -0.05) is 56.2 Å². The molecule has 158 valence electrons. The monoisotopic (exact) mass is 417 g/mol. The number of nitrogens with zero attached hydrogens (tertiary/aromatic N) is 1. The Morgan fingerprint density at radius 2 is 1.35 bits per heavy atom. The van der Waals surface area contributed by atoms with E-state index in [0.717, 1.165) is 30.4 Å². The van der Waals surface area contributed by atoms with Crippen molar-refractivity contribution in [1.82, 2.24) is 0 Å². The van der Waals surface area contributed by atoms with E-state index < -0.39 is 10.9 Å². The second-order valence-electron chi connectivity index (χ2n) is 7.18. The molecule has 0 unspecified atom stereocenters. The van der Waals surface area contributed by atoms with Crippen LogP contribution in [0.1, 0.15) is 53.3 Å². The van der Waals surface area contributed by atoms with E-state index in [1.54, 1.807) is 12.1 Å². The summed E-state index contributed by atoms with van der Waals surface area (Å²) in [7, 11) is 0. The van der Waals surface area contributed by atoms with Crippen LogP contribution >= 0.6 is 0 Å². The summed E-state index contributed by atoms with van der Waals surface area (Å²) in [4.78, 5) is 34.6. The minimum Gasteiger partial charge on any atom is -0.423 e. The molecule has 0 saturated carbocycles. The SMILES string of the molecule is CCCCCC(=O)c1ccc(-c2ccc(OC(=O)c3ccc([N+](=O)[O-])cc3)cc2)cc1. The highest BCUT2D eigenvalue weighted by Gasteiger charge is 2.12. The number of ketones is 1. The molecule has 3 aromatic rings. The molecule has 0 aromatic heterocycles. The van der Waals surface area contributed by atoms with Crippen LogP contribution in [-0.2, 0) is 0 Å². The summed E-state index contributed by atoms with van der Waals surface area (Å²) in [5, 5.41) is 10.7. The highest BCUT2D eigenvalue weighted by Crippen LogP contribution is 2.24. The zero-order valence-corrected chi connectivity index (χ0v) is 17.2. The molecule has 0 spiro atoms. The number of nitro groups is 1. The van der Waals surface area contributed by atoms with Crippen molar-refractivity contribution in [1.29, 1.82) is 0 Å². The van der Waals surface area contributed by atoms with Crippen LogP contribution in [0.5, 0.6) is 5.75 Å². The number of rotatable bonds is 9. The third-order valence-electron chi connectivity index (χ3n) is 4.93. The van der Waals surface area contributed by atoms with Crippen LogP contribution < -0.4 is 4.74 Å². The summed E-state index contributed by atoms with van der Waals surface area (Å²) < 4.78 is 5.34. The van der Waals surface area contributed by atoms with E-state index >= 15 is 0 Å². The molecule has 0 atom stereocenters. The van der Waals surface area contributed by atoms with Crippen molar-refractivity contribution in [3.8, 4) is 16.9 Å². The molecule has 0 aliphatic rings. The predicted molar refractivity (Wildman–Crippen MR) is 118 cm³/mol. The van der Waals surface area contributed by atoms with Crippen molar-refractivity contribution < 1.29 is 19.2 Å². The quantitative estimate of drug-likeness (QED) is 0.103. The Morgan fingerprint density at radius 1 is 0.806 bits per heavy atom. The normalized spacial score (nSPS) is 10.5. The Balaban J connectivity index is 1.62. The zero-order chi connectivity index (χ0) is 22.2. The first-order chi connectivity index (χ1) is 15.0. The molecule has 3 aromatic carbocycles. The van der Waals surface area contributed by atoms with E-state index in [9.17, 15) is 19.7 Å². The predicted octanol–water partition coefficient (Wildman–Crippen LogP) is 6.24. The van der Waals surface area contributed by atoms with Gasteiger partial charge in [-0.3, -0.25) is 14.9 Å². The van der Waals surface area contributed by atoms with E-state index in [4.69, 9.17) is 4.74 Å². The lowest BCUT2D eigenvalue weighted by Crippen LogP contribution is -2.08. The van der Waals surface area contributed by atoms with Crippen LogP contribution in [0.4, 0.5) is 5.69 Å². The van der Waals surface area contributed by atoms with Crippen molar-refractivity contribution in [2.45, 2.75) is 32.6 Å². The fourth-order valence-corrected chi connectivity index (χ4v) is 3.13. The van der Waals surface area contributed by atoms with Crippen LogP contribution in [0.15, 0.2) is 72.8 Å². The number of Topliss-reactive ketones (excluding diaryl/α,β-unsaturated/α-hetero) is 1. The highest BCUT2D eigenvalue weighted by molar-refractivity contribution is 5.96. The molecule has 0 radical (unpaired) electrons. The third-order valence-corrected chi connectivity index (χ3v) is 4.93. The lowest BCUT2D eigenvalue weighted by Gasteiger charge is -2.07. The number of hydrogen-bond acceptors (Lipinski definition) is 5. The molecule has 6 heteroatoms. The molecule has 0 aliphatic carbocycles. The first-order valence-electron chi connectivity index (χ1n) is 10.2. The molecule has 0 heterocycles. The van der Waals surface area contributed by atoms with Gasteiger partial charge >= 0.3 is 5.97 Å². The number of ether oxygens (including phenoxy) is 1. The summed E-state index contributed by atoms with van der Waals surface area (Å²) in [6.07, 6.45) is 3.63. The Bertz CT molecular complexity index is 1050. The summed E-state index contributed by atoms with van der Waals surface area (Å²) in [5.41, 5.74) is 2.75. The summed E-state index contributed by atoms with van der Waals surface area (Å²) in [5.74, 6) is -0.0584. The topological polar surface area (TPSA) is 86.5 Å². The van der Waals surface area contributed by atoms with E-state index in [-0.39, 0.29) is 17.0 Å². The fraction of sp³-hybridized carbons (Fsp3) is 0.200. The molecule has 6 nitrogen and oxygen atoms in total. The van der Waals surface area contributed by atoms with Crippen LogP contribution in [0.25, 0.3) is 11.1 Å².